The molecule has 1 aromatic carbocycles. The number of benzene rings is 1. The van der Waals surface area contributed by atoms with Gasteiger partial charge in [-0.3, -0.25) is 0 Å². The lowest BCUT2D eigenvalue weighted by atomic mass is 10.2. The maximum Gasteiger partial charge on any atom is 0.240 e. The van der Waals surface area contributed by atoms with Crippen LogP contribution < -0.4 is 10.5 Å². The first kappa shape index (κ1) is 14.8. The van der Waals surface area contributed by atoms with Crippen molar-refractivity contribution in [2.45, 2.75) is 23.8 Å². The van der Waals surface area contributed by atoms with Crippen LogP contribution in [0.2, 0.25) is 0 Å². The Hall–Kier alpha value is -0.630. The van der Waals surface area contributed by atoms with Crippen LogP contribution in [0.25, 0.3) is 0 Å². The van der Waals surface area contributed by atoms with E-state index in [4.69, 9.17) is 5.73 Å². The molecule has 1 saturated heterocycles. The van der Waals surface area contributed by atoms with Gasteiger partial charge in [0.15, 0.2) is 0 Å². The van der Waals surface area contributed by atoms with Gasteiger partial charge in [0.2, 0.25) is 10.0 Å². The lowest BCUT2D eigenvalue weighted by Crippen LogP contribution is -2.38. The summed E-state index contributed by atoms with van der Waals surface area (Å²) in [7, 11) is -1.45. The van der Waals surface area contributed by atoms with Crippen molar-refractivity contribution in [3.63, 3.8) is 0 Å². The topological polar surface area (TPSA) is 75.4 Å². The van der Waals surface area contributed by atoms with Crippen LogP contribution in [0.1, 0.15) is 12.8 Å². The second kappa shape index (κ2) is 5.78. The molecule has 106 valence electrons. The van der Waals surface area contributed by atoms with E-state index in [1.165, 1.54) is 12.1 Å². The lowest BCUT2D eigenvalue weighted by Gasteiger charge is -2.19. The van der Waals surface area contributed by atoms with E-state index in [9.17, 15) is 8.42 Å². The molecule has 0 aliphatic carbocycles. The third-order valence-electron chi connectivity index (χ3n) is 3.46. The van der Waals surface area contributed by atoms with Crippen molar-refractivity contribution < 1.29 is 8.42 Å². The molecule has 7 heteroatoms. The van der Waals surface area contributed by atoms with Crippen LogP contribution in [0.4, 0.5) is 5.69 Å². The summed E-state index contributed by atoms with van der Waals surface area (Å²) >= 11 is 3.24. The number of hydrogen-bond donors (Lipinski definition) is 2. The number of nitrogen functional groups attached to an aromatic ring is 1. The number of hydrogen-bond acceptors (Lipinski definition) is 4. The number of halogens is 1. The van der Waals surface area contributed by atoms with Gasteiger partial charge in [-0.25, -0.2) is 13.1 Å². The minimum absolute atomic E-state index is 0.231. The molecular formula is C12H18BrN3O2S. The summed E-state index contributed by atoms with van der Waals surface area (Å²) < 4.78 is 27.6. The van der Waals surface area contributed by atoms with E-state index in [-0.39, 0.29) is 10.9 Å². The summed E-state index contributed by atoms with van der Waals surface area (Å²) in [6.45, 7) is 1.47. The van der Waals surface area contributed by atoms with Crippen LogP contribution in [0, 0.1) is 0 Å². The van der Waals surface area contributed by atoms with E-state index >= 15 is 0 Å². The van der Waals surface area contributed by atoms with Crippen molar-refractivity contribution in [1.29, 1.82) is 0 Å². The highest BCUT2D eigenvalue weighted by Crippen LogP contribution is 2.23. The molecule has 5 nitrogen and oxygen atoms in total. The fourth-order valence-corrected chi connectivity index (χ4v) is 3.83. The molecular weight excluding hydrogens is 330 g/mol. The van der Waals surface area contributed by atoms with Gasteiger partial charge in [0.25, 0.3) is 0 Å². The minimum Gasteiger partial charge on any atom is -0.398 e. The highest BCUT2D eigenvalue weighted by atomic mass is 79.9. The molecule has 0 spiro atoms. The van der Waals surface area contributed by atoms with Crippen molar-refractivity contribution in [2.75, 3.05) is 25.9 Å². The Bertz CT molecular complexity index is 562. The number of nitrogens with zero attached hydrogens (tertiary/aromatic N) is 1. The van der Waals surface area contributed by atoms with E-state index in [1.807, 2.05) is 7.05 Å². The van der Waals surface area contributed by atoms with Crippen LogP contribution in [-0.4, -0.2) is 39.5 Å². The number of anilines is 1. The highest BCUT2D eigenvalue weighted by molar-refractivity contribution is 9.10. The summed E-state index contributed by atoms with van der Waals surface area (Å²) in [6, 6.07) is 4.91. The van der Waals surface area contributed by atoms with E-state index < -0.39 is 10.0 Å². The lowest BCUT2D eigenvalue weighted by molar-refractivity contribution is 0.311. The molecule has 19 heavy (non-hydrogen) atoms. The molecule has 1 unspecified atom stereocenters. The fraction of sp³-hybridized carbons (Fsp3) is 0.500. The van der Waals surface area contributed by atoms with Crippen LogP contribution in [0.5, 0.6) is 0 Å². The summed E-state index contributed by atoms with van der Waals surface area (Å²) in [4.78, 5) is 2.41. The minimum atomic E-state index is -3.47. The van der Waals surface area contributed by atoms with Crippen LogP contribution >= 0.6 is 15.9 Å². The third kappa shape index (κ3) is 3.47. The number of nitrogens with two attached hydrogens (primary N) is 1. The standard InChI is InChI=1S/C12H18BrN3O2S/c1-16-6-2-3-9(16)8-15-19(17,18)10-4-5-12(14)11(13)7-10/h4-5,7,9,15H,2-3,6,8,14H2,1H3. The number of sulfonamides is 1. The van der Waals surface area contributed by atoms with E-state index in [0.717, 1.165) is 19.4 Å². The number of rotatable bonds is 4. The maximum absolute atomic E-state index is 12.2. The molecule has 2 rings (SSSR count). The first-order valence-electron chi connectivity index (χ1n) is 6.15. The number of likely N-dealkylation sites (tertiary alicyclic amines) is 1. The van der Waals surface area contributed by atoms with Gasteiger partial charge in [0, 0.05) is 22.7 Å². The molecule has 3 N–H and O–H groups in total. The quantitative estimate of drug-likeness (QED) is 0.807. The summed E-state index contributed by atoms with van der Waals surface area (Å²) in [5, 5.41) is 0. The molecule has 0 saturated carbocycles. The zero-order valence-electron chi connectivity index (χ0n) is 10.8. The zero-order chi connectivity index (χ0) is 14.0. The molecule has 1 aliphatic heterocycles. The molecule has 1 aliphatic rings. The van der Waals surface area contributed by atoms with Gasteiger partial charge in [-0.15, -0.1) is 0 Å². The predicted octanol–water partition coefficient (Wildman–Crippen LogP) is 1.40. The first-order valence-corrected chi connectivity index (χ1v) is 8.43. The molecule has 1 atom stereocenters. The molecule has 0 aromatic heterocycles. The summed E-state index contributed by atoms with van der Waals surface area (Å²) in [5.41, 5.74) is 6.18. The van der Waals surface area contributed by atoms with Crippen LogP contribution in [-0.2, 0) is 10.0 Å². The van der Waals surface area contributed by atoms with Crippen LogP contribution in [0.3, 0.4) is 0 Å². The highest BCUT2D eigenvalue weighted by Gasteiger charge is 2.23. The first-order chi connectivity index (χ1) is 8.90. The Labute approximate surface area is 122 Å². The predicted molar refractivity (Wildman–Crippen MR) is 79.4 cm³/mol. The molecule has 1 fully saturated rings. The van der Waals surface area contributed by atoms with Gasteiger partial charge in [-0.2, -0.15) is 0 Å². The second-order valence-electron chi connectivity index (χ2n) is 4.81. The second-order valence-corrected chi connectivity index (χ2v) is 7.43. The fourth-order valence-electron chi connectivity index (χ4n) is 2.20. The van der Waals surface area contributed by atoms with Gasteiger partial charge >= 0.3 is 0 Å². The molecule has 0 radical (unpaired) electrons. The molecule has 0 amide bonds. The van der Waals surface area contributed by atoms with Gasteiger partial charge in [0.05, 0.1) is 4.90 Å². The van der Waals surface area contributed by atoms with Crippen molar-refractivity contribution >= 4 is 31.6 Å². The van der Waals surface area contributed by atoms with Crippen LogP contribution in [0.15, 0.2) is 27.6 Å². The van der Waals surface area contributed by atoms with Gasteiger partial charge in [-0.05, 0) is 60.6 Å². The van der Waals surface area contributed by atoms with E-state index in [1.54, 1.807) is 6.07 Å². The van der Waals surface area contributed by atoms with Gasteiger partial charge in [0.1, 0.15) is 0 Å². The Morgan fingerprint density at radius 3 is 2.84 bits per heavy atom. The monoisotopic (exact) mass is 347 g/mol. The molecule has 0 bridgehead atoms. The number of nitrogens with one attached hydrogen (secondary N) is 1. The Kier molecular flexibility index (Phi) is 4.50. The largest absolute Gasteiger partial charge is 0.398 e. The van der Waals surface area contributed by atoms with Crippen molar-refractivity contribution in [3.8, 4) is 0 Å². The van der Waals surface area contributed by atoms with E-state index in [0.29, 0.717) is 16.7 Å². The Morgan fingerprint density at radius 1 is 1.53 bits per heavy atom. The van der Waals surface area contributed by atoms with Crippen molar-refractivity contribution in [1.82, 2.24) is 9.62 Å². The Morgan fingerprint density at radius 2 is 2.26 bits per heavy atom. The van der Waals surface area contributed by atoms with E-state index in [2.05, 4.69) is 25.6 Å². The van der Waals surface area contributed by atoms with Gasteiger partial charge < -0.3 is 10.6 Å². The maximum atomic E-state index is 12.2. The average molecular weight is 348 g/mol. The zero-order valence-corrected chi connectivity index (χ0v) is 13.2. The van der Waals surface area contributed by atoms with Gasteiger partial charge in [-0.1, -0.05) is 0 Å². The normalized spacial score (nSPS) is 20.8. The summed E-state index contributed by atoms with van der Waals surface area (Å²) in [5.74, 6) is 0. The SMILES string of the molecule is CN1CCCC1CNS(=O)(=O)c1ccc(N)c(Br)c1. The molecule has 1 heterocycles. The smallest absolute Gasteiger partial charge is 0.240 e. The van der Waals surface area contributed by atoms with Crippen molar-refractivity contribution in [2.24, 2.45) is 0 Å². The number of likely N-dealkylation sites (N-methyl/N-ethyl adjacent to an activating group) is 1. The third-order valence-corrected chi connectivity index (χ3v) is 5.57. The van der Waals surface area contributed by atoms with Crippen molar-refractivity contribution in [3.05, 3.63) is 22.7 Å². The summed E-state index contributed by atoms with van der Waals surface area (Å²) in [6.07, 6.45) is 2.15. The average Bonchev–Trinajstić information content (AvgIpc) is 2.76. The molecule has 1 aromatic rings. The Balaban J connectivity index is 2.07.